The maximum Gasteiger partial charge on any atom is 0.160 e. The third-order valence-electron chi connectivity index (χ3n) is 6.06. The second kappa shape index (κ2) is 8.33. The number of benzene rings is 1. The molecule has 0 saturated carbocycles. The van der Waals surface area contributed by atoms with Crippen LogP contribution in [0, 0.1) is 0 Å². The van der Waals surface area contributed by atoms with Crippen molar-refractivity contribution in [3.8, 4) is 17.0 Å². The van der Waals surface area contributed by atoms with Gasteiger partial charge in [0.1, 0.15) is 17.5 Å². The van der Waals surface area contributed by atoms with Crippen LogP contribution in [0.4, 0.5) is 5.69 Å². The Hall–Kier alpha value is -3.14. The van der Waals surface area contributed by atoms with Crippen LogP contribution in [0.2, 0.25) is 5.02 Å². The fraction of sp³-hybridized carbons (Fsp3) is 0.348. The standard InChI is InChI=1S/C23H23ClN6O3/c1-31-19-6-5-14(24)10-16(19)20-18(12-30(28-20)15-4-2-9-32-13-15)27-23-21(33-23)17-11-26-29-8-3-7-25-22(17)29/h3,5-8,10-12,15,21,23,27H,2,4,9,13H2,1H3. The lowest BCUT2D eigenvalue weighted by Gasteiger charge is -2.22. The van der Waals surface area contributed by atoms with Crippen LogP contribution in [-0.4, -0.2) is 50.9 Å². The van der Waals surface area contributed by atoms with Crippen molar-refractivity contribution in [2.75, 3.05) is 25.6 Å². The van der Waals surface area contributed by atoms with Crippen LogP contribution in [0.15, 0.2) is 49.1 Å². The maximum atomic E-state index is 6.32. The molecule has 2 saturated heterocycles. The highest BCUT2D eigenvalue weighted by molar-refractivity contribution is 6.31. The van der Waals surface area contributed by atoms with E-state index in [0.717, 1.165) is 47.6 Å². The molecule has 0 radical (unpaired) electrons. The molecule has 3 aromatic heterocycles. The maximum absolute atomic E-state index is 6.32. The first-order chi connectivity index (χ1) is 16.2. The molecule has 0 bridgehead atoms. The van der Waals surface area contributed by atoms with E-state index in [1.165, 1.54) is 0 Å². The molecular weight excluding hydrogens is 444 g/mol. The summed E-state index contributed by atoms with van der Waals surface area (Å²) in [6, 6.07) is 7.56. The summed E-state index contributed by atoms with van der Waals surface area (Å²) in [5.41, 5.74) is 4.16. The van der Waals surface area contributed by atoms with Crippen molar-refractivity contribution < 1.29 is 14.2 Å². The van der Waals surface area contributed by atoms with E-state index in [1.807, 2.05) is 35.3 Å². The van der Waals surface area contributed by atoms with E-state index in [-0.39, 0.29) is 18.4 Å². The van der Waals surface area contributed by atoms with Crippen molar-refractivity contribution in [2.24, 2.45) is 0 Å². The van der Waals surface area contributed by atoms with Gasteiger partial charge in [-0.2, -0.15) is 10.2 Å². The molecule has 0 aliphatic carbocycles. The van der Waals surface area contributed by atoms with Crippen molar-refractivity contribution >= 4 is 22.9 Å². The molecule has 0 spiro atoms. The molecule has 2 aliphatic rings. The van der Waals surface area contributed by atoms with Crippen molar-refractivity contribution in [2.45, 2.75) is 31.2 Å². The van der Waals surface area contributed by atoms with Crippen LogP contribution in [0.3, 0.4) is 0 Å². The average Bonchev–Trinajstić information content (AvgIpc) is 3.27. The SMILES string of the molecule is COc1ccc(Cl)cc1-c1nn(C2CCCOC2)cc1NC1OC1c1cnn2cccnc12. The number of rotatable bonds is 6. The molecule has 10 heteroatoms. The average molecular weight is 467 g/mol. The second-order valence-corrected chi connectivity index (χ2v) is 8.63. The predicted octanol–water partition coefficient (Wildman–Crippen LogP) is 4.12. The third-order valence-corrected chi connectivity index (χ3v) is 6.30. The predicted molar refractivity (Wildman–Crippen MR) is 123 cm³/mol. The van der Waals surface area contributed by atoms with Gasteiger partial charge in [-0.25, -0.2) is 9.50 Å². The summed E-state index contributed by atoms with van der Waals surface area (Å²) in [6.07, 6.45) is 9.11. The van der Waals surface area contributed by atoms with Gasteiger partial charge in [0.2, 0.25) is 0 Å². The second-order valence-electron chi connectivity index (χ2n) is 8.20. The Morgan fingerprint density at radius 3 is 3.09 bits per heavy atom. The summed E-state index contributed by atoms with van der Waals surface area (Å²) in [5.74, 6) is 0.702. The normalized spacial score (nSPS) is 22.4. The number of nitrogens with one attached hydrogen (secondary N) is 1. The van der Waals surface area contributed by atoms with Gasteiger partial charge in [0.15, 0.2) is 11.9 Å². The van der Waals surface area contributed by atoms with Gasteiger partial charge in [-0.1, -0.05) is 11.6 Å². The zero-order valence-electron chi connectivity index (χ0n) is 18.0. The van der Waals surface area contributed by atoms with Crippen LogP contribution >= 0.6 is 11.6 Å². The Balaban J connectivity index is 1.34. The van der Waals surface area contributed by atoms with E-state index in [4.69, 9.17) is 30.9 Å². The van der Waals surface area contributed by atoms with Gasteiger partial charge in [-0.15, -0.1) is 0 Å². The summed E-state index contributed by atoms with van der Waals surface area (Å²) in [6.45, 7) is 1.44. The Labute approximate surface area is 195 Å². The molecule has 9 nitrogen and oxygen atoms in total. The van der Waals surface area contributed by atoms with Crippen LogP contribution in [0.1, 0.15) is 30.6 Å². The van der Waals surface area contributed by atoms with Crippen molar-refractivity contribution in [3.05, 3.63) is 59.6 Å². The van der Waals surface area contributed by atoms with Crippen LogP contribution in [0.25, 0.3) is 16.9 Å². The minimum atomic E-state index is -0.218. The van der Waals surface area contributed by atoms with Gasteiger partial charge in [0.05, 0.1) is 37.2 Å². The van der Waals surface area contributed by atoms with Gasteiger partial charge in [0, 0.05) is 35.8 Å². The van der Waals surface area contributed by atoms with Crippen molar-refractivity contribution in [1.29, 1.82) is 0 Å². The highest BCUT2D eigenvalue weighted by Gasteiger charge is 2.43. The highest BCUT2D eigenvalue weighted by Crippen LogP contribution is 2.43. The number of aromatic nitrogens is 5. The third kappa shape index (κ3) is 3.82. The highest BCUT2D eigenvalue weighted by atomic mass is 35.5. The molecule has 170 valence electrons. The lowest BCUT2D eigenvalue weighted by Crippen LogP contribution is -2.21. The number of hydrogen-bond donors (Lipinski definition) is 1. The lowest BCUT2D eigenvalue weighted by atomic mass is 10.1. The molecule has 4 aromatic rings. The fourth-order valence-corrected chi connectivity index (χ4v) is 4.51. The Morgan fingerprint density at radius 1 is 1.30 bits per heavy atom. The molecule has 2 fully saturated rings. The number of ether oxygens (including phenoxy) is 3. The molecule has 3 unspecified atom stereocenters. The minimum absolute atomic E-state index is 0.145. The van der Waals surface area contributed by atoms with E-state index in [1.54, 1.807) is 30.1 Å². The number of halogens is 1. The molecule has 3 atom stereocenters. The zero-order chi connectivity index (χ0) is 22.4. The summed E-state index contributed by atoms with van der Waals surface area (Å²) in [7, 11) is 1.64. The summed E-state index contributed by atoms with van der Waals surface area (Å²) in [4.78, 5) is 4.44. The van der Waals surface area contributed by atoms with Crippen molar-refractivity contribution in [3.63, 3.8) is 0 Å². The van der Waals surface area contributed by atoms with E-state index < -0.39 is 0 Å². The van der Waals surface area contributed by atoms with E-state index in [9.17, 15) is 0 Å². The first-order valence-electron chi connectivity index (χ1n) is 10.9. The molecule has 1 N–H and O–H groups in total. The number of anilines is 1. The lowest BCUT2D eigenvalue weighted by molar-refractivity contribution is 0.0550. The van der Waals surface area contributed by atoms with Crippen LogP contribution in [-0.2, 0) is 9.47 Å². The van der Waals surface area contributed by atoms with Gasteiger partial charge < -0.3 is 19.5 Å². The van der Waals surface area contributed by atoms with Gasteiger partial charge in [-0.3, -0.25) is 4.68 Å². The Kier molecular flexibility index (Phi) is 5.17. The first-order valence-corrected chi connectivity index (χ1v) is 11.3. The number of epoxide rings is 1. The molecular formula is C23H23ClN6O3. The summed E-state index contributed by atoms with van der Waals surface area (Å²) < 4.78 is 21.0. The fourth-order valence-electron chi connectivity index (χ4n) is 4.34. The number of nitrogens with zero attached hydrogens (tertiary/aromatic N) is 5. The van der Waals surface area contributed by atoms with Crippen LogP contribution in [0.5, 0.6) is 5.75 Å². The Bertz CT molecular complexity index is 1300. The molecule has 33 heavy (non-hydrogen) atoms. The molecule has 2 aliphatic heterocycles. The van der Waals surface area contributed by atoms with E-state index in [2.05, 4.69) is 15.4 Å². The minimum Gasteiger partial charge on any atom is -0.496 e. The van der Waals surface area contributed by atoms with Gasteiger partial charge in [0.25, 0.3) is 0 Å². The van der Waals surface area contributed by atoms with Crippen LogP contribution < -0.4 is 10.1 Å². The summed E-state index contributed by atoms with van der Waals surface area (Å²) in [5, 5.41) is 13.4. The number of methoxy groups -OCH3 is 1. The zero-order valence-corrected chi connectivity index (χ0v) is 18.8. The largest absolute Gasteiger partial charge is 0.496 e. The number of fused-ring (bicyclic) bond motifs is 1. The van der Waals surface area contributed by atoms with E-state index in [0.29, 0.717) is 17.4 Å². The Morgan fingerprint density at radius 2 is 2.24 bits per heavy atom. The van der Waals surface area contributed by atoms with E-state index >= 15 is 0 Å². The first kappa shape index (κ1) is 20.5. The molecule has 5 heterocycles. The molecule has 0 amide bonds. The monoisotopic (exact) mass is 466 g/mol. The molecule has 6 rings (SSSR count). The van der Waals surface area contributed by atoms with Gasteiger partial charge >= 0.3 is 0 Å². The molecule has 1 aromatic carbocycles. The summed E-state index contributed by atoms with van der Waals surface area (Å²) >= 11 is 6.32. The quantitative estimate of drug-likeness (QED) is 0.427. The topological polar surface area (TPSA) is 91.0 Å². The smallest absolute Gasteiger partial charge is 0.160 e. The van der Waals surface area contributed by atoms with Gasteiger partial charge in [-0.05, 0) is 37.1 Å². The van der Waals surface area contributed by atoms with Crippen molar-refractivity contribution in [1.82, 2.24) is 24.4 Å². The number of hydrogen-bond acceptors (Lipinski definition) is 7.